The van der Waals surface area contributed by atoms with Gasteiger partial charge in [0, 0.05) is 59.1 Å². The number of halogens is 1. The van der Waals surface area contributed by atoms with Gasteiger partial charge in [0.25, 0.3) is 0 Å². The van der Waals surface area contributed by atoms with Crippen molar-refractivity contribution < 1.29 is 8.42 Å². The van der Waals surface area contributed by atoms with Crippen LogP contribution in [0.5, 0.6) is 0 Å². The molecule has 1 aromatic rings. The number of nitrogens with one attached hydrogen (secondary N) is 2. The number of aryl methyl sites for hydroxylation is 1. The first-order valence-corrected chi connectivity index (χ1v) is 12.3. The van der Waals surface area contributed by atoms with Crippen LogP contribution in [0.4, 0.5) is 0 Å². The van der Waals surface area contributed by atoms with Gasteiger partial charge in [0.05, 0.1) is 4.90 Å². The molecule has 1 unspecified atom stereocenters. The van der Waals surface area contributed by atoms with Crippen molar-refractivity contribution in [1.82, 2.24) is 20.4 Å². The third-order valence-corrected chi connectivity index (χ3v) is 6.68. The summed E-state index contributed by atoms with van der Waals surface area (Å²) in [5.41, 5.74) is 1.80. The zero-order valence-electron chi connectivity index (χ0n) is 18.9. The third-order valence-electron chi connectivity index (χ3n) is 5.42. The van der Waals surface area contributed by atoms with Crippen LogP contribution in [0.15, 0.2) is 28.1 Å². The van der Waals surface area contributed by atoms with E-state index in [4.69, 9.17) is 0 Å². The standard InChI is InChI=1S/C21H37N5O2S.HI/c1-6-25-9-11-26(12-10-25)16-17(2)14-23-21(22-4)24-15-19-7-8-20(18(3)13-19)29(5,27)28;/h7-8,13,17H,6,9-12,14-16H2,1-5H3,(H2,22,23,24);1H. The van der Waals surface area contributed by atoms with E-state index in [0.717, 1.165) is 62.9 Å². The average Bonchev–Trinajstić information content (AvgIpc) is 2.67. The first-order valence-electron chi connectivity index (χ1n) is 10.4. The maximum atomic E-state index is 11.8. The minimum atomic E-state index is -3.18. The fourth-order valence-corrected chi connectivity index (χ4v) is 4.67. The molecule has 0 amide bonds. The monoisotopic (exact) mass is 551 g/mol. The third kappa shape index (κ3) is 8.68. The lowest BCUT2D eigenvalue weighted by molar-refractivity contribution is 0.124. The van der Waals surface area contributed by atoms with Crippen LogP contribution in [0.1, 0.15) is 25.0 Å². The molecule has 1 atom stereocenters. The van der Waals surface area contributed by atoms with Crippen molar-refractivity contribution in [3.63, 3.8) is 0 Å². The van der Waals surface area contributed by atoms with Gasteiger partial charge in [-0.1, -0.05) is 26.0 Å². The number of rotatable bonds is 8. The van der Waals surface area contributed by atoms with E-state index in [2.05, 4.69) is 39.3 Å². The fourth-order valence-electron chi connectivity index (χ4n) is 3.71. The lowest BCUT2D eigenvalue weighted by Gasteiger charge is -2.35. The second kappa shape index (κ2) is 12.8. The summed E-state index contributed by atoms with van der Waals surface area (Å²) in [6.45, 7) is 14.6. The van der Waals surface area contributed by atoms with Crippen molar-refractivity contribution in [2.45, 2.75) is 32.2 Å². The van der Waals surface area contributed by atoms with Crippen molar-refractivity contribution in [2.75, 3.05) is 59.1 Å². The summed E-state index contributed by atoms with van der Waals surface area (Å²) in [7, 11) is -1.42. The van der Waals surface area contributed by atoms with Crippen LogP contribution in [-0.4, -0.2) is 83.3 Å². The van der Waals surface area contributed by atoms with Gasteiger partial charge in [-0.2, -0.15) is 0 Å². The molecule has 2 N–H and O–H groups in total. The summed E-state index contributed by atoms with van der Waals surface area (Å²) in [5.74, 6) is 1.29. The molecule has 0 aromatic heterocycles. The van der Waals surface area contributed by atoms with Crippen LogP contribution < -0.4 is 10.6 Å². The van der Waals surface area contributed by atoms with E-state index in [-0.39, 0.29) is 24.0 Å². The number of benzene rings is 1. The van der Waals surface area contributed by atoms with Gasteiger partial charge in [-0.25, -0.2) is 8.42 Å². The molecule has 1 aromatic carbocycles. The summed E-state index contributed by atoms with van der Waals surface area (Å²) in [5, 5.41) is 6.72. The van der Waals surface area contributed by atoms with Gasteiger partial charge in [-0.3, -0.25) is 4.99 Å². The molecular weight excluding hydrogens is 513 g/mol. The molecule has 0 radical (unpaired) electrons. The van der Waals surface area contributed by atoms with Crippen molar-refractivity contribution >= 4 is 39.8 Å². The Balaban J connectivity index is 0.00000450. The van der Waals surface area contributed by atoms with Crippen LogP contribution >= 0.6 is 24.0 Å². The van der Waals surface area contributed by atoms with Gasteiger partial charge in [-0.15, -0.1) is 24.0 Å². The van der Waals surface area contributed by atoms with E-state index in [0.29, 0.717) is 17.4 Å². The molecule has 1 aliphatic rings. The highest BCUT2D eigenvalue weighted by atomic mass is 127. The van der Waals surface area contributed by atoms with E-state index in [1.165, 1.54) is 6.26 Å². The van der Waals surface area contributed by atoms with Gasteiger partial charge < -0.3 is 20.4 Å². The topological polar surface area (TPSA) is 77.0 Å². The van der Waals surface area contributed by atoms with Crippen LogP contribution in [0.2, 0.25) is 0 Å². The first kappa shape index (κ1) is 27.1. The number of sulfone groups is 1. The fraction of sp³-hybridized carbons (Fsp3) is 0.667. The molecule has 1 saturated heterocycles. The van der Waals surface area contributed by atoms with E-state index in [9.17, 15) is 8.42 Å². The Bertz CT molecular complexity index is 793. The van der Waals surface area contributed by atoms with E-state index in [1.807, 2.05) is 19.1 Å². The Morgan fingerprint density at radius 2 is 1.80 bits per heavy atom. The van der Waals surface area contributed by atoms with Crippen LogP contribution in [-0.2, 0) is 16.4 Å². The zero-order chi connectivity index (χ0) is 21.4. The first-order chi connectivity index (χ1) is 13.7. The van der Waals surface area contributed by atoms with E-state index in [1.54, 1.807) is 13.1 Å². The van der Waals surface area contributed by atoms with Gasteiger partial charge in [-0.05, 0) is 36.6 Å². The van der Waals surface area contributed by atoms with Crippen molar-refractivity contribution in [3.05, 3.63) is 29.3 Å². The summed E-state index contributed by atoms with van der Waals surface area (Å²) in [6, 6.07) is 5.44. The number of piperazine rings is 1. The maximum absolute atomic E-state index is 11.8. The Hall–Kier alpha value is -0.910. The Morgan fingerprint density at radius 1 is 1.17 bits per heavy atom. The number of hydrogen-bond acceptors (Lipinski definition) is 5. The van der Waals surface area contributed by atoms with Crippen LogP contribution in [0.3, 0.4) is 0 Å². The molecule has 172 valence electrons. The van der Waals surface area contributed by atoms with Gasteiger partial charge in [0.15, 0.2) is 15.8 Å². The number of nitrogens with zero attached hydrogens (tertiary/aromatic N) is 3. The highest BCUT2D eigenvalue weighted by Crippen LogP contribution is 2.16. The molecule has 0 aliphatic carbocycles. The van der Waals surface area contributed by atoms with Gasteiger partial charge >= 0.3 is 0 Å². The van der Waals surface area contributed by atoms with Crippen LogP contribution in [0, 0.1) is 12.8 Å². The van der Waals surface area contributed by atoms with E-state index < -0.39 is 9.84 Å². The number of likely N-dealkylation sites (N-methyl/N-ethyl adjacent to an activating group) is 1. The molecule has 30 heavy (non-hydrogen) atoms. The van der Waals surface area contributed by atoms with Crippen molar-refractivity contribution in [3.8, 4) is 0 Å². The predicted molar refractivity (Wildman–Crippen MR) is 136 cm³/mol. The molecular formula is C21H38IN5O2S. The number of hydrogen-bond donors (Lipinski definition) is 2. The molecule has 7 nitrogen and oxygen atoms in total. The summed E-state index contributed by atoms with van der Waals surface area (Å²) in [6.07, 6.45) is 1.24. The molecule has 0 saturated carbocycles. The minimum Gasteiger partial charge on any atom is -0.356 e. The zero-order valence-corrected chi connectivity index (χ0v) is 22.1. The van der Waals surface area contributed by atoms with E-state index >= 15 is 0 Å². The molecule has 9 heteroatoms. The Kier molecular flexibility index (Phi) is 11.6. The normalized spacial score (nSPS) is 17.3. The molecule has 1 aliphatic heterocycles. The minimum absolute atomic E-state index is 0. The number of guanidine groups is 1. The smallest absolute Gasteiger partial charge is 0.191 e. The summed E-state index contributed by atoms with van der Waals surface area (Å²) >= 11 is 0. The second-order valence-electron chi connectivity index (χ2n) is 8.02. The highest BCUT2D eigenvalue weighted by molar-refractivity contribution is 14.0. The Morgan fingerprint density at radius 3 is 2.33 bits per heavy atom. The predicted octanol–water partition coefficient (Wildman–Crippen LogP) is 1.96. The van der Waals surface area contributed by atoms with Crippen LogP contribution in [0.25, 0.3) is 0 Å². The lowest BCUT2D eigenvalue weighted by Crippen LogP contribution is -2.48. The SMILES string of the molecule is CCN1CCN(CC(C)CNC(=NC)NCc2ccc(S(C)(=O)=O)c(C)c2)CC1.I. The molecule has 0 bridgehead atoms. The largest absolute Gasteiger partial charge is 0.356 e. The highest BCUT2D eigenvalue weighted by Gasteiger charge is 2.17. The Labute approximate surface area is 199 Å². The summed E-state index contributed by atoms with van der Waals surface area (Å²) in [4.78, 5) is 9.72. The maximum Gasteiger partial charge on any atom is 0.191 e. The molecule has 2 rings (SSSR count). The van der Waals surface area contributed by atoms with Gasteiger partial charge in [0.1, 0.15) is 0 Å². The quantitative estimate of drug-likeness (QED) is 0.292. The second-order valence-corrected chi connectivity index (χ2v) is 10.0. The molecule has 1 fully saturated rings. The van der Waals surface area contributed by atoms with Crippen molar-refractivity contribution in [1.29, 1.82) is 0 Å². The lowest BCUT2D eigenvalue weighted by atomic mass is 10.1. The summed E-state index contributed by atoms with van der Waals surface area (Å²) < 4.78 is 23.5. The average molecular weight is 552 g/mol. The number of aliphatic imine (C=N–C) groups is 1. The molecule has 1 heterocycles. The van der Waals surface area contributed by atoms with Gasteiger partial charge in [0.2, 0.25) is 0 Å². The molecule has 0 spiro atoms. The van der Waals surface area contributed by atoms with Crippen molar-refractivity contribution in [2.24, 2.45) is 10.9 Å².